The molecule has 0 aromatic heterocycles. The highest BCUT2D eigenvalue weighted by Gasteiger charge is 2.25. The van der Waals surface area contributed by atoms with Gasteiger partial charge in [-0.05, 0) is 12.8 Å². The van der Waals surface area contributed by atoms with Crippen LogP contribution in [0.2, 0.25) is 0 Å². The Morgan fingerprint density at radius 1 is 0.821 bits per heavy atom. The van der Waals surface area contributed by atoms with Gasteiger partial charge in [0.25, 0.3) is 0 Å². The Bertz CT molecular complexity index is 443. The molecule has 28 heavy (non-hydrogen) atoms. The molecule has 0 fully saturated rings. The predicted molar refractivity (Wildman–Crippen MR) is 110 cm³/mol. The fourth-order valence-corrected chi connectivity index (χ4v) is 3.02. The Hall–Kier alpha value is -1.63. The average molecular weight is 401 g/mol. The normalized spacial score (nSPS) is 12.9. The van der Waals surface area contributed by atoms with Crippen LogP contribution in [0.5, 0.6) is 0 Å². The molecule has 0 aliphatic carbocycles. The van der Waals surface area contributed by atoms with Gasteiger partial charge in [0.2, 0.25) is 5.91 Å². The summed E-state index contributed by atoms with van der Waals surface area (Å²) in [4.78, 5) is 35.3. The molecular formula is C21H40N2O5. The summed E-state index contributed by atoms with van der Waals surface area (Å²) in [5, 5.41) is 2.59. The molecule has 0 aliphatic rings. The second-order valence-corrected chi connectivity index (χ2v) is 7.28. The molecule has 0 unspecified atom stereocenters. The highest BCUT2D eigenvalue weighted by atomic mass is 16.5. The highest BCUT2D eigenvalue weighted by Crippen LogP contribution is 2.12. The maximum Gasteiger partial charge on any atom is 0.328 e. The number of carbonyl (C=O) groups excluding carboxylic acids is 3. The lowest BCUT2D eigenvalue weighted by Gasteiger charge is -2.19. The van der Waals surface area contributed by atoms with E-state index >= 15 is 0 Å². The zero-order valence-corrected chi connectivity index (χ0v) is 18.0. The van der Waals surface area contributed by atoms with Crippen LogP contribution in [0.25, 0.3) is 0 Å². The molecule has 7 heteroatoms. The van der Waals surface area contributed by atoms with Crippen LogP contribution in [0.1, 0.15) is 90.4 Å². The van der Waals surface area contributed by atoms with Crippen LogP contribution in [0.3, 0.4) is 0 Å². The molecule has 3 N–H and O–H groups in total. The van der Waals surface area contributed by atoms with Crippen molar-refractivity contribution in [2.24, 2.45) is 5.73 Å². The van der Waals surface area contributed by atoms with E-state index in [1.54, 1.807) is 0 Å². The van der Waals surface area contributed by atoms with Crippen molar-refractivity contribution in [3.63, 3.8) is 0 Å². The van der Waals surface area contributed by atoms with Gasteiger partial charge in [-0.2, -0.15) is 0 Å². The van der Waals surface area contributed by atoms with Crippen molar-refractivity contribution in [1.82, 2.24) is 5.32 Å². The van der Waals surface area contributed by atoms with Gasteiger partial charge in [-0.25, -0.2) is 4.79 Å². The van der Waals surface area contributed by atoms with Gasteiger partial charge in [0, 0.05) is 6.42 Å². The van der Waals surface area contributed by atoms with E-state index in [0.717, 1.165) is 19.3 Å². The van der Waals surface area contributed by atoms with Crippen LogP contribution in [0.15, 0.2) is 0 Å². The molecule has 7 nitrogen and oxygen atoms in total. The zero-order valence-electron chi connectivity index (χ0n) is 18.0. The van der Waals surface area contributed by atoms with Crippen molar-refractivity contribution in [2.75, 3.05) is 14.2 Å². The van der Waals surface area contributed by atoms with E-state index in [-0.39, 0.29) is 12.8 Å². The van der Waals surface area contributed by atoms with E-state index in [1.807, 2.05) is 0 Å². The maximum atomic E-state index is 12.2. The van der Waals surface area contributed by atoms with Crippen LogP contribution in [-0.2, 0) is 23.9 Å². The van der Waals surface area contributed by atoms with Crippen molar-refractivity contribution >= 4 is 17.8 Å². The van der Waals surface area contributed by atoms with Crippen LogP contribution < -0.4 is 11.1 Å². The molecular weight excluding hydrogens is 360 g/mol. The summed E-state index contributed by atoms with van der Waals surface area (Å²) < 4.78 is 9.23. The molecule has 0 radical (unpaired) electrons. The number of nitrogens with one attached hydrogen (secondary N) is 1. The van der Waals surface area contributed by atoms with Crippen molar-refractivity contribution in [1.29, 1.82) is 0 Å². The standard InChI is InChI=1S/C21H40N2O5/c1-4-5-6-7-8-9-10-11-12-13-14-17(22)20(25)23-18(21(26)28-3)15-16-19(24)27-2/h17-18H,4-16,22H2,1-3H3,(H,23,25)/t17-,18+/m1/s1. The van der Waals surface area contributed by atoms with E-state index in [2.05, 4.69) is 21.7 Å². The average Bonchev–Trinajstić information content (AvgIpc) is 2.70. The summed E-state index contributed by atoms with van der Waals surface area (Å²) in [7, 11) is 2.51. The van der Waals surface area contributed by atoms with Crippen LogP contribution >= 0.6 is 0 Å². The SMILES string of the molecule is CCCCCCCCCCCC[C@@H](N)C(=O)N[C@@H](CCC(=O)OC)C(=O)OC. The molecule has 1 amide bonds. The number of rotatable bonds is 17. The lowest BCUT2D eigenvalue weighted by molar-refractivity contribution is -0.146. The maximum absolute atomic E-state index is 12.2. The first-order valence-electron chi connectivity index (χ1n) is 10.7. The van der Waals surface area contributed by atoms with Crippen LogP contribution in [-0.4, -0.2) is 44.1 Å². The third-order valence-electron chi connectivity index (χ3n) is 4.87. The second-order valence-electron chi connectivity index (χ2n) is 7.28. The van der Waals surface area contributed by atoms with Crippen molar-refractivity contribution < 1.29 is 23.9 Å². The Labute approximate surface area is 170 Å². The zero-order chi connectivity index (χ0) is 21.2. The minimum Gasteiger partial charge on any atom is -0.469 e. The van der Waals surface area contributed by atoms with E-state index in [1.165, 1.54) is 59.2 Å². The van der Waals surface area contributed by atoms with Gasteiger partial charge in [-0.1, -0.05) is 71.1 Å². The van der Waals surface area contributed by atoms with E-state index < -0.39 is 29.9 Å². The minimum absolute atomic E-state index is 0.0181. The van der Waals surface area contributed by atoms with Gasteiger partial charge < -0.3 is 20.5 Å². The molecule has 0 spiro atoms. The van der Waals surface area contributed by atoms with Gasteiger partial charge >= 0.3 is 11.9 Å². The lowest BCUT2D eigenvalue weighted by atomic mass is 10.0. The Kier molecular flexibility index (Phi) is 16.5. The molecule has 0 aromatic rings. The number of carbonyl (C=O) groups is 3. The molecule has 0 aromatic carbocycles. The molecule has 0 heterocycles. The van der Waals surface area contributed by atoms with Gasteiger partial charge in [0.15, 0.2) is 0 Å². The number of methoxy groups -OCH3 is 2. The number of esters is 2. The smallest absolute Gasteiger partial charge is 0.328 e. The van der Waals surface area contributed by atoms with Crippen LogP contribution in [0, 0.1) is 0 Å². The number of hydrogen-bond donors (Lipinski definition) is 2. The third-order valence-corrected chi connectivity index (χ3v) is 4.87. The third kappa shape index (κ3) is 13.5. The predicted octanol–water partition coefficient (Wildman–Crippen LogP) is 3.24. The van der Waals surface area contributed by atoms with Gasteiger partial charge in [0.1, 0.15) is 6.04 Å². The molecule has 0 bridgehead atoms. The van der Waals surface area contributed by atoms with E-state index in [0.29, 0.717) is 6.42 Å². The summed E-state index contributed by atoms with van der Waals surface area (Å²) in [5.74, 6) is -1.43. The topological polar surface area (TPSA) is 108 Å². The summed E-state index contributed by atoms with van der Waals surface area (Å²) in [5.41, 5.74) is 5.94. The van der Waals surface area contributed by atoms with Crippen LogP contribution in [0.4, 0.5) is 0 Å². The highest BCUT2D eigenvalue weighted by molar-refractivity contribution is 5.87. The number of unbranched alkanes of at least 4 members (excludes halogenated alkanes) is 9. The Morgan fingerprint density at radius 2 is 1.36 bits per heavy atom. The van der Waals surface area contributed by atoms with Gasteiger partial charge in [-0.3, -0.25) is 9.59 Å². The van der Waals surface area contributed by atoms with E-state index in [9.17, 15) is 14.4 Å². The summed E-state index contributed by atoms with van der Waals surface area (Å²) in [6, 6.07) is -1.56. The fourth-order valence-electron chi connectivity index (χ4n) is 3.02. The van der Waals surface area contributed by atoms with Gasteiger partial charge in [0.05, 0.1) is 20.3 Å². The first kappa shape index (κ1) is 26.4. The summed E-state index contributed by atoms with van der Waals surface area (Å²) >= 11 is 0. The molecule has 164 valence electrons. The number of ether oxygens (including phenoxy) is 2. The van der Waals surface area contributed by atoms with Crippen molar-refractivity contribution in [3.8, 4) is 0 Å². The molecule has 0 saturated carbocycles. The largest absolute Gasteiger partial charge is 0.469 e. The Morgan fingerprint density at radius 3 is 1.86 bits per heavy atom. The second kappa shape index (κ2) is 17.5. The lowest BCUT2D eigenvalue weighted by Crippen LogP contribution is -2.48. The fraction of sp³-hybridized carbons (Fsp3) is 0.857. The van der Waals surface area contributed by atoms with E-state index in [4.69, 9.17) is 5.73 Å². The molecule has 2 atom stereocenters. The number of hydrogen-bond acceptors (Lipinski definition) is 6. The molecule has 0 saturated heterocycles. The summed E-state index contributed by atoms with van der Waals surface area (Å²) in [6.45, 7) is 2.23. The summed E-state index contributed by atoms with van der Waals surface area (Å²) in [6.07, 6.45) is 12.9. The molecule has 0 aliphatic heterocycles. The minimum atomic E-state index is -0.893. The number of amides is 1. The Balaban J connectivity index is 3.98. The molecule has 0 rings (SSSR count). The van der Waals surface area contributed by atoms with Crippen molar-refractivity contribution in [3.05, 3.63) is 0 Å². The van der Waals surface area contributed by atoms with Gasteiger partial charge in [-0.15, -0.1) is 0 Å². The first-order chi connectivity index (χ1) is 13.5. The monoisotopic (exact) mass is 400 g/mol. The number of nitrogens with two attached hydrogens (primary N) is 1. The van der Waals surface area contributed by atoms with Crippen molar-refractivity contribution in [2.45, 2.75) is 102 Å². The first-order valence-corrected chi connectivity index (χ1v) is 10.7. The quantitative estimate of drug-likeness (QED) is 0.287.